The number of primary amides is 1. The third kappa shape index (κ3) is 2.65. The van der Waals surface area contributed by atoms with E-state index in [1.54, 1.807) is 12.3 Å². The fourth-order valence-corrected chi connectivity index (χ4v) is 2.39. The van der Waals surface area contributed by atoms with Gasteiger partial charge in [0.1, 0.15) is 16.6 Å². The highest BCUT2D eigenvalue weighted by molar-refractivity contribution is 7.10. The molecule has 0 aliphatic carbocycles. The lowest BCUT2D eigenvalue weighted by molar-refractivity contribution is -0.122. The third-order valence-electron chi connectivity index (χ3n) is 2.68. The maximum Gasteiger partial charge on any atom is 0.249 e. The van der Waals surface area contributed by atoms with E-state index in [4.69, 9.17) is 11.5 Å². The molecule has 0 aliphatic rings. The molecule has 100 valence electrons. The molecular formula is C12H13FN4OS. The molecule has 19 heavy (non-hydrogen) atoms. The van der Waals surface area contributed by atoms with Crippen LogP contribution in [0.3, 0.4) is 0 Å². The molecule has 0 spiro atoms. The Hall–Kier alpha value is -2.15. The summed E-state index contributed by atoms with van der Waals surface area (Å²) in [6, 6.07) is 5.63. The van der Waals surface area contributed by atoms with Crippen molar-refractivity contribution in [2.45, 2.75) is 12.5 Å². The van der Waals surface area contributed by atoms with Crippen molar-refractivity contribution in [3.8, 4) is 0 Å². The van der Waals surface area contributed by atoms with Crippen LogP contribution in [0.4, 0.5) is 15.9 Å². The van der Waals surface area contributed by atoms with Crippen molar-refractivity contribution in [2.75, 3.05) is 11.1 Å². The number of aromatic nitrogens is 1. The first kappa shape index (κ1) is 13.3. The highest BCUT2D eigenvalue weighted by atomic mass is 32.1. The van der Waals surface area contributed by atoms with Crippen LogP contribution in [-0.2, 0) is 10.3 Å². The highest BCUT2D eigenvalue weighted by Gasteiger charge is 2.36. The summed E-state index contributed by atoms with van der Waals surface area (Å²) in [5, 5.41) is 5.05. The van der Waals surface area contributed by atoms with Crippen LogP contribution in [0.2, 0.25) is 0 Å². The van der Waals surface area contributed by atoms with Crippen molar-refractivity contribution in [2.24, 2.45) is 5.73 Å². The molecule has 5 nitrogen and oxygen atoms in total. The zero-order chi connectivity index (χ0) is 14.0. The van der Waals surface area contributed by atoms with Gasteiger partial charge >= 0.3 is 0 Å². The van der Waals surface area contributed by atoms with Gasteiger partial charge in [-0.1, -0.05) is 0 Å². The summed E-state index contributed by atoms with van der Waals surface area (Å²) in [4.78, 5) is 15.8. The van der Waals surface area contributed by atoms with Gasteiger partial charge in [0, 0.05) is 11.1 Å². The summed E-state index contributed by atoms with van der Waals surface area (Å²) in [7, 11) is 0. The van der Waals surface area contributed by atoms with E-state index in [2.05, 4.69) is 10.3 Å². The van der Waals surface area contributed by atoms with Crippen LogP contribution >= 0.6 is 11.3 Å². The fraction of sp³-hybridized carbons (Fsp3) is 0.167. The molecule has 0 bridgehead atoms. The number of amides is 1. The first-order valence-electron chi connectivity index (χ1n) is 5.47. The van der Waals surface area contributed by atoms with Gasteiger partial charge in [0.05, 0.1) is 0 Å². The number of rotatable bonds is 4. The van der Waals surface area contributed by atoms with Crippen molar-refractivity contribution in [3.63, 3.8) is 0 Å². The van der Waals surface area contributed by atoms with Gasteiger partial charge in [-0.25, -0.2) is 9.37 Å². The monoisotopic (exact) mass is 280 g/mol. The molecule has 1 aromatic carbocycles. The van der Waals surface area contributed by atoms with Crippen molar-refractivity contribution >= 4 is 28.7 Å². The zero-order valence-corrected chi connectivity index (χ0v) is 11.0. The number of thiazole rings is 1. The standard InChI is InChI=1S/C12H13FN4OS/c1-12(10(15)18,11-16-9(14)6-19-11)17-8-4-2-7(13)3-5-8/h2-6,17H,14H2,1H3,(H2,15,18). The van der Waals surface area contributed by atoms with Crippen LogP contribution in [0.5, 0.6) is 0 Å². The second-order valence-corrected chi connectivity index (χ2v) is 5.06. The van der Waals surface area contributed by atoms with Gasteiger partial charge in [-0.15, -0.1) is 11.3 Å². The number of nitrogen functional groups attached to an aromatic ring is 1. The maximum atomic E-state index is 12.9. The lowest BCUT2D eigenvalue weighted by Gasteiger charge is -2.26. The lowest BCUT2D eigenvalue weighted by atomic mass is 10.0. The number of carbonyl (C=O) groups is 1. The zero-order valence-electron chi connectivity index (χ0n) is 10.2. The molecule has 1 atom stereocenters. The second-order valence-electron chi connectivity index (χ2n) is 4.20. The molecular weight excluding hydrogens is 267 g/mol. The smallest absolute Gasteiger partial charge is 0.249 e. The van der Waals surface area contributed by atoms with Crippen LogP contribution in [0.15, 0.2) is 29.6 Å². The number of anilines is 2. The number of nitrogens with zero attached hydrogens (tertiary/aromatic N) is 1. The fourth-order valence-electron chi connectivity index (χ4n) is 1.56. The van der Waals surface area contributed by atoms with Gasteiger partial charge in [0.25, 0.3) is 0 Å². The normalized spacial score (nSPS) is 13.8. The first-order chi connectivity index (χ1) is 8.91. The van der Waals surface area contributed by atoms with E-state index in [9.17, 15) is 9.18 Å². The number of benzene rings is 1. The van der Waals surface area contributed by atoms with Gasteiger partial charge in [-0.2, -0.15) is 0 Å². The Balaban J connectivity index is 2.35. The van der Waals surface area contributed by atoms with Gasteiger partial charge < -0.3 is 16.8 Å². The van der Waals surface area contributed by atoms with Crippen molar-refractivity contribution < 1.29 is 9.18 Å². The van der Waals surface area contributed by atoms with Gasteiger partial charge in [-0.3, -0.25) is 4.79 Å². The Bertz CT molecular complexity index is 598. The highest BCUT2D eigenvalue weighted by Crippen LogP contribution is 2.29. The Kier molecular flexibility index (Phi) is 3.39. The van der Waals surface area contributed by atoms with Crippen LogP contribution in [0.25, 0.3) is 0 Å². The van der Waals surface area contributed by atoms with E-state index in [0.717, 1.165) is 0 Å². The number of hydrogen-bond acceptors (Lipinski definition) is 5. The van der Waals surface area contributed by atoms with Crippen LogP contribution in [-0.4, -0.2) is 10.9 Å². The Morgan fingerprint density at radius 2 is 2.05 bits per heavy atom. The largest absolute Gasteiger partial charge is 0.383 e. The molecule has 0 aliphatic heterocycles. The summed E-state index contributed by atoms with van der Waals surface area (Å²) in [6.07, 6.45) is 0. The quantitative estimate of drug-likeness (QED) is 0.794. The molecule has 7 heteroatoms. The molecule has 0 fully saturated rings. The van der Waals surface area contributed by atoms with E-state index >= 15 is 0 Å². The van der Waals surface area contributed by atoms with Crippen molar-refractivity contribution in [3.05, 3.63) is 40.5 Å². The molecule has 5 N–H and O–H groups in total. The molecule has 0 saturated carbocycles. The minimum atomic E-state index is -1.19. The number of halogens is 1. The van der Waals surface area contributed by atoms with Gasteiger partial charge in [-0.05, 0) is 31.2 Å². The number of carbonyl (C=O) groups excluding carboxylic acids is 1. The van der Waals surface area contributed by atoms with Gasteiger partial charge in [0.2, 0.25) is 5.91 Å². The Morgan fingerprint density at radius 3 is 2.53 bits per heavy atom. The topological polar surface area (TPSA) is 94.0 Å². The van der Waals surface area contributed by atoms with E-state index in [1.807, 2.05) is 0 Å². The number of nitrogens with two attached hydrogens (primary N) is 2. The SMILES string of the molecule is CC(Nc1ccc(F)cc1)(C(N)=O)c1nc(N)cs1. The molecule has 1 aromatic heterocycles. The number of nitrogens with one attached hydrogen (secondary N) is 1. The van der Waals surface area contributed by atoms with E-state index in [-0.39, 0.29) is 5.82 Å². The molecule has 2 rings (SSSR count). The molecule has 0 saturated heterocycles. The Morgan fingerprint density at radius 1 is 1.42 bits per heavy atom. The third-order valence-corrected chi connectivity index (χ3v) is 3.76. The maximum absolute atomic E-state index is 12.9. The van der Waals surface area contributed by atoms with Crippen molar-refractivity contribution in [1.29, 1.82) is 0 Å². The van der Waals surface area contributed by atoms with Crippen LogP contribution in [0.1, 0.15) is 11.9 Å². The molecule has 1 heterocycles. The average Bonchev–Trinajstić information content (AvgIpc) is 2.79. The molecule has 2 aromatic rings. The predicted octanol–water partition coefficient (Wildman–Crippen LogP) is 1.68. The summed E-state index contributed by atoms with van der Waals surface area (Å²) in [5.41, 5.74) is 10.4. The summed E-state index contributed by atoms with van der Waals surface area (Å²) in [5.74, 6) is -0.621. The molecule has 1 amide bonds. The summed E-state index contributed by atoms with van der Waals surface area (Å²) in [6.45, 7) is 1.61. The number of hydrogen-bond donors (Lipinski definition) is 3. The lowest BCUT2D eigenvalue weighted by Crippen LogP contribution is -2.45. The minimum absolute atomic E-state index is 0.327. The van der Waals surface area contributed by atoms with E-state index in [1.165, 1.54) is 35.6 Å². The average molecular weight is 280 g/mol. The summed E-state index contributed by atoms with van der Waals surface area (Å²) < 4.78 is 12.9. The minimum Gasteiger partial charge on any atom is -0.383 e. The van der Waals surface area contributed by atoms with E-state index in [0.29, 0.717) is 16.5 Å². The predicted molar refractivity (Wildman–Crippen MR) is 73.1 cm³/mol. The van der Waals surface area contributed by atoms with Crippen LogP contribution < -0.4 is 16.8 Å². The molecule has 0 radical (unpaired) electrons. The van der Waals surface area contributed by atoms with E-state index < -0.39 is 11.4 Å². The summed E-state index contributed by atoms with van der Waals surface area (Å²) >= 11 is 1.23. The van der Waals surface area contributed by atoms with Crippen molar-refractivity contribution in [1.82, 2.24) is 4.98 Å². The molecule has 1 unspecified atom stereocenters. The Labute approximate surface area is 113 Å². The second kappa shape index (κ2) is 4.85. The first-order valence-corrected chi connectivity index (χ1v) is 6.35. The van der Waals surface area contributed by atoms with Gasteiger partial charge in [0.15, 0.2) is 5.54 Å². The van der Waals surface area contributed by atoms with Crippen LogP contribution in [0, 0.1) is 5.82 Å².